The van der Waals surface area contributed by atoms with Crippen molar-refractivity contribution in [3.63, 3.8) is 0 Å². The molecule has 2 aromatic carbocycles. The minimum atomic E-state index is -3.72. The molecule has 0 aliphatic heterocycles. The third-order valence-corrected chi connectivity index (χ3v) is 6.49. The molecule has 168 valence electrons. The van der Waals surface area contributed by atoms with Gasteiger partial charge in [-0.2, -0.15) is 0 Å². The molecule has 7 nitrogen and oxygen atoms in total. The van der Waals surface area contributed by atoms with E-state index in [1.54, 1.807) is 61.7 Å². The normalized spacial score (nSPS) is 12.1. The second-order valence-electron chi connectivity index (χ2n) is 7.64. The molecular formula is C24H27N3O4S. The number of sulfonamides is 1. The van der Waals surface area contributed by atoms with Gasteiger partial charge in [-0.25, -0.2) is 13.4 Å². The van der Waals surface area contributed by atoms with E-state index in [0.717, 1.165) is 12.0 Å². The van der Waals surface area contributed by atoms with Crippen molar-refractivity contribution in [1.29, 1.82) is 0 Å². The summed E-state index contributed by atoms with van der Waals surface area (Å²) in [6.07, 6.45) is 2.35. The number of rotatable bonds is 8. The van der Waals surface area contributed by atoms with Crippen molar-refractivity contribution >= 4 is 21.6 Å². The Hall–Kier alpha value is -3.39. The van der Waals surface area contributed by atoms with Crippen LogP contribution in [-0.2, 0) is 10.0 Å². The second kappa shape index (κ2) is 9.82. The molecule has 0 saturated heterocycles. The molecular weight excluding hydrogens is 426 g/mol. The van der Waals surface area contributed by atoms with Gasteiger partial charge in [0.15, 0.2) is 0 Å². The quantitative estimate of drug-likeness (QED) is 0.510. The maximum absolute atomic E-state index is 12.7. The fourth-order valence-corrected chi connectivity index (χ4v) is 4.35. The number of anilines is 1. The first-order chi connectivity index (χ1) is 15.2. The predicted molar refractivity (Wildman–Crippen MR) is 125 cm³/mol. The third kappa shape index (κ3) is 5.64. The number of benzene rings is 2. The molecule has 0 unspecified atom stereocenters. The zero-order valence-corrected chi connectivity index (χ0v) is 19.4. The Labute approximate surface area is 188 Å². The molecule has 0 saturated carbocycles. The number of aryl methyl sites for hydroxylation is 2. The molecule has 0 aliphatic rings. The summed E-state index contributed by atoms with van der Waals surface area (Å²) in [4.78, 5) is 16.9. The molecule has 1 atom stereocenters. The zero-order valence-electron chi connectivity index (χ0n) is 18.5. The summed E-state index contributed by atoms with van der Waals surface area (Å²) in [6, 6.07) is 15.0. The monoisotopic (exact) mass is 453 g/mol. The van der Waals surface area contributed by atoms with Gasteiger partial charge >= 0.3 is 0 Å². The molecule has 0 radical (unpaired) electrons. The smallest absolute Gasteiger partial charge is 0.262 e. The fraction of sp³-hybridized carbons (Fsp3) is 0.250. The number of hydrogen-bond acceptors (Lipinski definition) is 5. The largest absolute Gasteiger partial charge is 0.438 e. The first-order valence-corrected chi connectivity index (χ1v) is 11.8. The van der Waals surface area contributed by atoms with Gasteiger partial charge in [0, 0.05) is 17.9 Å². The van der Waals surface area contributed by atoms with E-state index in [1.165, 1.54) is 0 Å². The Kier molecular flexibility index (Phi) is 7.15. The summed E-state index contributed by atoms with van der Waals surface area (Å²) in [7, 11) is -3.72. The predicted octanol–water partition coefficient (Wildman–Crippen LogP) is 4.82. The van der Waals surface area contributed by atoms with Crippen LogP contribution in [0, 0.1) is 13.8 Å². The Bertz CT molecular complexity index is 1210. The van der Waals surface area contributed by atoms with Crippen LogP contribution in [0.2, 0.25) is 0 Å². The second-order valence-corrected chi connectivity index (χ2v) is 9.29. The molecule has 8 heteroatoms. The first kappa shape index (κ1) is 23.3. The van der Waals surface area contributed by atoms with Gasteiger partial charge in [-0.1, -0.05) is 24.6 Å². The van der Waals surface area contributed by atoms with E-state index in [0.29, 0.717) is 22.6 Å². The van der Waals surface area contributed by atoms with Crippen LogP contribution in [0.1, 0.15) is 41.8 Å². The first-order valence-electron chi connectivity index (χ1n) is 10.3. The standard InChI is InChI=1S/C24H27N3O4S/c1-5-18(4)26-23(28)21-7-6-14-25-24(21)31-20-11-9-19(10-12-20)27-32(29,30)22-13-8-16(2)15-17(22)3/h6-15,18,27H,5H2,1-4H3,(H,26,28)/t18-/m1/s1. The van der Waals surface area contributed by atoms with Crippen LogP contribution in [-0.4, -0.2) is 25.4 Å². The molecule has 32 heavy (non-hydrogen) atoms. The van der Waals surface area contributed by atoms with Gasteiger partial charge in [-0.3, -0.25) is 9.52 Å². The molecule has 3 rings (SSSR count). The van der Waals surface area contributed by atoms with E-state index in [-0.39, 0.29) is 22.7 Å². The van der Waals surface area contributed by atoms with Gasteiger partial charge in [0.25, 0.3) is 15.9 Å². The Morgan fingerprint density at radius 1 is 1.09 bits per heavy atom. The topological polar surface area (TPSA) is 97.4 Å². The van der Waals surface area contributed by atoms with Crippen LogP contribution in [0.15, 0.2) is 65.7 Å². The van der Waals surface area contributed by atoms with Gasteiger partial charge in [0.2, 0.25) is 5.88 Å². The Morgan fingerprint density at radius 2 is 1.81 bits per heavy atom. The van der Waals surface area contributed by atoms with Gasteiger partial charge in [0.05, 0.1) is 4.90 Å². The Balaban J connectivity index is 1.75. The number of nitrogens with zero attached hydrogens (tertiary/aromatic N) is 1. The minimum Gasteiger partial charge on any atom is -0.438 e. The average molecular weight is 454 g/mol. The fourth-order valence-electron chi connectivity index (χ4n) is 3.06. The Morgan fingerprint density at radius 3 is 2.47 bits per heavy atom. The van der Waals surface area contributed by atoms with Crippen LogP contribution in [0.4, 0.5) is 5.69 Å². The van der Waals surface area contributed by atoms with E-state index >= 15 is 0 Å². The van der Waals surface area contributed by atoms with Crippen LogP contribution < -0.4 is 14.8 Å². The van der Waals surface area contributed by atoms with E-state index in [2.05, 4.69) is 15.0 Å². The molecule has 2 N–H and O–H groups in total. The van der Waals surface area contributed by atoms with E-state index in [9.17, 15) is 13.2 Å². The molecule has 0 aliphatic carbocycles. The summed E-state index contributed by atoms with van der Waals surface area (Å²) < 4.78 is 33.9. The number of ether oxygens (including phenoxy) is 1. The van der Waals surface area contributed by atoms with E-state index < -0.39 is 10.0 Å². The van der Waals surface area contributed by atoms with Crippen molar-refractivity contribution in [2.24, 2.45) is 0 Å². The molecule has 1 heterocycles. The summed E-state index contributed by atoms with van der Waals surface area (Å²) >= 11 is 0. The zero-order chi connectivity index (χ0) is 23.3. The number of amides is 1. The van der Waals surface area contributed by atoms with Crippen molar-refractivity contribution in [3.8, 4) is 11.6 Å². The van der Waals surface area contributed by atoms with Crippen LogP contribution in [0.5, 0.6) is 11.6 Å². The number of carbonyl (C=O) groups is 1. The molecule has 1 aromatic heterocycles. The van der Waals surface area contributed by atoms with Crippen molar-refractivity contribution in [2.45, 2.75) is 45.1 Å². The maximum Gasteiger partial charge on any atom is 0.262 e. The lowest BCUT2D eigenvalue weighted by molar-refractivity contribution is 0.0936. The van der Waals surface area contributed by atoms with Crippen molar-refractivity contribution in [3.05, 3.63) is 77.5 Å². The van der Waals surface area contributed by atoms with Gasteiger partial charge in [-0.05, 0) is 75.2 Å². The van der Waals surface area contributed by atoms with Gasteiger partial charge in [0.1, 0.15) is 11.3 Å². The average Bonchev–Trinajstić information content (AvgIpc) is 2.74. The highest BCUT2D eigenvalue weighted by atomic mass is 32.2. The lowest BCUT2D eigenvalue weighted by atomic mass is 10.2. The highest BCUT2D eigenvalue weighted by molar-refractivity contribution is 7.92. The number of pyridine rings is 1. The van der Waals surface area contributed by atoms with Gasteiger partial charge < -0.3 is 10.1 Å². The van der Waals surface area contributed by atoms with Crippen LogP contribution >= 0.6 is 0 Å². The highest BCUT2D eigenvalue weighted by Crippen LogP contribution is 2.26. The van der Waals surface area contributed by atoms with Crippen molar-refractivity contribution < 1.29 is 17.9 Å². The molecule has 1 amide bonds. The lowest BCUT2D eigenvalue weighted by Crippen LogP contribution is -2.32. The summed E-state index contributed by atoms with van der Waals surface area (Å²) in [5.74, 6) is 0.341. The maximum atomic E-state index is 12.7. The highest BCUT2D eigenvalue weighted by Gasteiger charge is 2.18. The van der Waals surface area contributed by atoms with Gasteiger partial charge in [-0.15, -0.1) is 0 Å². The number of nitrogens with one attached hydrogen (secondary N) is 2. The molecule has 0 spiro atoms. The SMILES string of the molecule is CC[C@@H](C)NC(=O)c1cccnc1Oc1ccc(NS(=O)(=O)c2ccc(C)cc2C)cc1. The van der Waals surface area contributed by atoms with Crippen LogP contribution in [0.25, 0.3) is 0 Å². The summed E-state index contributed by atoms with van der Waals surface area (Å²) in [6.45, 7) is 7.59. The molecule has 0 fully saturated rings. The van der Waals surface area contributed by atoms with Crippen molar-refractivity contribution in [1.82, 2.24) is 10.3 Å². The lowest BCUT2D eigenvalue weighted by Gasteiger charge is -2.14. The van der Waals surface area contributed by atoms with Crippen LogP contribution in [0.3, 0.4) is 0 Å². The molecule has 0 bridgehead atoms. The number of aromatic nitrogens is 1. The summed E-state index contributed by atoms with van der Waals surface area (Å²) in [5, 5.41) is 2.89. The third-order valence-electron chi connectivity index (χ3n) is 4.95. The minimum absolute atomic E-state index is 0.0278. The summed E-state index contributed by atoms with van der Waals surface area (Å²) in [5.41, 5.74) is 2.39. The van der Waals surface area contributed by atoms with Crippen molar-refractivity contribution in [2.75, 3.05) is 4.72 Å². The number of hydrogen-bond donors (Lipinski definition) is 2. The van der Waals surface area contributed by atoms with E-state index in [4.69, 9.17) is 4.74 Å². The van der Waals surface area contributed by atoms with E-state index in [1.807, 2.05) is 26.8 Å². The number of carbonyl (C=O) groups excluding carboxylic acids is 1. The molecule has 3 aromatic rings.